The smallest absolute Gasteiger partial charge is 0.188 e. The minimum atomic E-state index is 0.157. The highest BCUT2D eigenvalue weighted by Crippen LogP contribution is 2.29. The van der Waals surface area contributed by atoms with Gasteiger partial charge in [0.25, 0.3) is 0 Å². The number of piperidine rings is 1. The van der Waals surface area contributed by atoms with E-state index in [4.69, 9.17) is 9.47 Å². The van der Waals surface area contributed by atoms with E-state index in [1.165, 1.54) is 19.3 Å². The van der Waals surface area contributed by atoms with E-state index in [-0.39, 0.29) is 6.79 Å². The van der Waals surface area contributed by atoms with Gasteiger partial charge in [-0.25, -0.2) is 0 Å². The molecule has 98 valence electrons. The Hall–Kier alpha value is -1.55. The number of anilines is 1. The molecule has 1 aliphatic heterocycles. The summed E-state index contributed by atoms with van der Waals surface area (Å²) < 4.78 is 10.3. The fraction of sp³-hybridized carbons (Fsp3) is 0.500. The van der Waals surface area contributed by atoms with Crippen molar-refractivity contribution < 1.29 is 14.3 Å². The Morgan fingerprint density at radius 1 is 1.28 bits per heavy atom. The van der Waals surface area contributed by atoms with Crippen LogP contribution < -0.4 is 9.64 Å². The van der Waals surface area contributed by atoms with E-state index in [0.29, 0.717) is 11.3 Å². The highest BCUT2D eigenvalue weighted by Gasteiger charge is 2.17. The van der Waals surface area contributed by atoms with Gasteiger partial charge in [-0.3, -0.25) is 4.79 Å². The molecule has 1 aromatic carbocycles. The van der Waals surface area contributed by atoms with Crippen LogP contribution in [-0.2, 0) is 4.74 Å². The molecule has 4 nitrogen and oxygen atoms in total. The van der Waals surface area contributed by atoms with Gasteiger partial charge in [0.05, 0.1) is 11.3 Å². The van der Waals surface area contributed by atoms with Crippen molar-refractivity contribution in [1.29, 1.82) is 0 Å². The molecular weight excluding hydrogens is 230 g/mol. The number of carbonyl (C=O) groups is 1. The molecule has 0 bridgehead atoms. The number of nitrogens with zero attached hydrogens (tertiary/aromatic N) is 1. The van der Waals surface area contributed by atoms with Crippen molar-refractivity contribution in [3.8, 4) is 5.75 Å². The van der Waals surface area contributed by atoms with Gasteiger partial charge in [-0.2, -0.15) is 0 Å². The molecular formula is C14H19NO3. The fourth-order valence-corrected chi connectivity index (χ4v) is 2.31. The molecule has 0 N–H and O–H groups in total. The van der Waals surface area contributed by atoms with Gasteiger partial charge in [0, 0.05) is 20.2 Å². The first-order valence-corrected chi connectivity index (χ1v) is 6.31. The summed E-state index contributed by atoms with van der Waals surface area (Å²) in [6.45, 7) is 2.17. The molecule has 1 heterocycles. The molecule has 1 aromatic rings. The number of hydrogen-bond donors (Lipinski definition) is 0. The lowest BCUT2D eigenvalue weighted by Crippen LogP contribution is -2.30. The Kier molecular flexibility index (Phi) is 4.59. The van der Waals surface area contributed by atoms with Crippen molar-refractivity contribution in [1.82, 2.24) is 0 Å². The summed E-state index contributed by atoms with van der Waals surface area (Å²) in [4.78, 5) is 13.6. The van der Waals surface area contributed by atoms with E-state index < -0.39 is 0 Å². The van der Waals surface area contributed by atoms with Crippen molar-refractivity contribution in [3.05, 3.63) is 23.8 Å². The van der Waals surface area contributed by atoms with Crippen molar-refractivity contribution in [2.24, 2.45) is 0 Å². The van der Waals surface area contributed by atoms with Crippen LogP contribution in [0.3, 0.4) is 0 Å². The second-order valence-corrected chi connectivity index (χ2v) is 4.41. The Morgan fingerprint density at radius 3 is 2.72 bits per heavy atom. The standard InChI is InChI=1S/C14H19NO3/c1-17-11-18-14-7-5-6-13(12(14)10-16)15-8-3-2-4-9-15/h5-7,10H,2-4,8-9,11H2,1H3. The maximum atomic E-state index is 11.3. The third-order valence-corrected chi connectivity index (χ3v) is 3.19. The van der Waals surface area contributed by atoms with Crippen LogP contribution >= 0.6 is 0 Å². The number of methoxy groups -OCH3 is 1. The third-order valence-electron chi connectivity index (χ3n) is 3.19. The first-order chi connectivity index (χ1) is 8.86. The molecule has 0 aliphatic carbocycles. The average molecular weight is 249 g/mol. The SMILES string of the molecule is COCOc1cccc(N2CCCCC2)c1C=O. The molecule has 1 aliphatic rings. The molecule has 0 radical (unpaired) electrons. The van der Waals surface area contributed by atoms with Gasteiger partial charge in [0.2, 0.25) is 0 Å². The van der Waals surface area contributed by atoms with Crippen LogP contribution in [0, 0.1) is 0 Å². The van der Waals surface area contributed by atoms with E-state index in [9.17, 15) is 4.79 Å². The quantitative estimate of drug-likeness (QED) is 0.593. The highest BCUT2D eigenvalue weighted by molar-refractivity contribution is 5.88. The zero-order chi connectivity index (χ0) is 12.8. The predicted octanol–water partition coefficient (Wildman–Crippen LogP) is 2.47. The average Bonchev–Trinajstić information content (AvgIpc) is 2.45. The van der Waals surface area contributed by atoms with Gasteiger partial charge < -0.3 is 14.4 Å². The van der Waals surface area contributed by atoms with Gasteiger partial charge >= 0.3 is 0 Å². The van der Waals surface area contributed by atoms with E-state index in [1.54, 1.807) is 13.2 Å². The Balaban J connectivity index is 2.25. The molecule has 0 aromatic heterocycles. The number of aldehydes is 1. The van der Waals surface area contributed by atoms with Gasteiger partial charge in [-0.05, 0) is 31.4 Å². The molecule has 0 unspecified atom stereocenters. The van der Waals surface area contributed by atoms with Crippen LogP contribution in [0.5, 0.6) is 5.75 Å². The van der Waals surface area contributed by atoms with Gasteiger partial charge in [-0.1, -0.05) is 6.07 Å². The number of rotatable bonds is 5. The number of ether oxygens (including phenoxy) is 2. The van der Waals surface area contributed by atoms with Crippen molar-refractivity contribution in [2.45, 2.75) is 19.3 Å². The zero-order valence-corrected chi connectivity index (χ0v) is 10.7. The monoisotopic (exact) mass is 249 g/mol. The van der Waals surface area contributed by atoms with Crippen molar-refractivity contribution in [2.75, 3.05) is 31.9 Å². The van der Waals surface area contributed by atoms with Crippen molar-refractivity contribution in [3.63, 3.8) is 0 Å². The summed E-state index contributed by atoms with van der Waals surface area (Å²) in [6.07, 6.45) is 4.50. The molecule has 1 fully saturated rings. The lowest BCUT2D eigenvalue weighted by molar-refractivity contribution is 0.0506. The maximum Gasteiger partial charge on any atom is 0.188 e. The number of carbonyl (C=O) groups excluding carboxylic acids is 1. The normalized spacial score (nSPS) is 15.5. The molecule has 0 amide bonds. The van der Waals surface area contributed by atoms with Gasteiger partial charge in [-0.15, -0.1) is 0 Å². The lowest BCUT2D eigenvalue weighted by atomic mass is 10.1. The number of hydrogen-bond acceptors (Lipinski definition) is 4. The van der Waals surface area contributed by atoms with E-state index >= 15 is 0 Å². The summed E-state index contributed by atoms with van der Waals surface area (Å²) in [5, 5.41) is 0. The summed E-state index contributed by atoms with van der Waals surface area (Å²) in [5.41, 5.74) is 1.59. The topological polar surface area (TPSA) is 38.8 Å². The van der Waals surface area contributed by atoms with Crippen LogP contribution in [0.2, 0.25) is 0 Å². The minimum absolute atomic E-state index is 0.157. The second kappa shape index (κ2) is 6.40. The van der Waals surface area contributed by atoms with Crippen LogP contribution in [0.4, 0.5) is 5.69 Å². The molecule has 1 saturated heterocycles. The summed E-state index contributed by atoms with van der Waals surface area (Å²) in [6, 6.07) is 5.70. The van der Waals surface area contributed by atoms with E-state index in [2.05, 4.69) is 4.90 Å². The summed E-state index contributed by atoms with van der Waals surface area (Å²) >= 11 is 0. The Bertz CT molecular complexity index is 400. The lowest BCUT2D eigenvalue weighted by Gasteiger charge is -2.30. The first-order valence-electron chi connectivity index (χ1n) is 6.31. The maximum absolute atomic E-state index is 11.3. The largest absolute Gasteiger partial charge is 0.467 e. The van der Waals surface area contributed by atoms with Gasteiger partial charge in [0.1, 0.15) is 5.75 Å². The minimum Gasteiger partial charge on any atom is -0.467 e. The van der Waals surface area contributed by atoms with Crippen LogP contribution in [-0.4, -0.2) is 33.3 Å². The predicted molar refractivity (Wildman–Crippen MR) is 70.4 cm³/mol. The molecule has 18 heavy (non-hydrogen) atoms. The van der Waals surface area contributed by atoms with E-state index in [0.717, 1.165) is 25.1 Å². The van der Waals surface area contributed by atoms with Crippen molar-refractivity contribution >= 4 is 12.0 Å². The molecule has 0 saturated carbocycles. The molecule has 0 atom stereocenters. The third kappa shape index (κ3) is 2.82. The van der Waals surface area contributed by atoms with Crippen LogP contribution in [0.15, 0.2) is 18.2 Å². The Morgan fingerprint density at radius 2 is 2.06 bits per heavy atom. The highest BCUT2D eigenvalue weighted by atomic mass is 16.7. The molecule has 4 heteroatoms. The Labute approximate surface area is 107 Å². The number of benzene rings is 1. The zero-order valence-electron chi connectivity index (χ0n) is 10.7. The van der Waals surface area contributed by atoms with Crippen LogP contribution in [0.25, 0.3) is 0 Å². The molecule has 0 spiro atoms. The summed E-state index contributed by atoms with van der Waals surface area (Å²) in [5.74, 6) is 0.593. The van der Waals surface area contributed by atoms with E-state index in [1.807, 2.05) is 12.1 Å². The molecule has 2 rings (SSSR count). The second-order valence-electron chi connectivity index (χ2n) is 4.41. The van der Waals surface area contributed by atoms with Gasteiger partial charge in [0.15, 0.2) is 13.1 Å². The first kappa shape index (κ1) is 12.9. The fourth-order valence-electron chi connectivity index (χ4n) is 2.31. The summed E-state index contributed by atoms with van der Waals surface area (Å²) in [7, 11) is 1.56. The van der Waals surface area contributed by atoms with Crippen LogP contribution in [0.1, 0.15) is 29.6 Å².